The number of esters is 1. The zero-order valence-electron chi connectivity index (χ0n) is 14.6. The predicted molar refractivity (Wildman–Crippen MR) is 98.3 cm³/mol. The monoisotopic (exact) mass is 410 g/mol. The van der Waals surface area contributed by atoms with E-state index in [4.69, 9.17) is 9.47 Å². The molecule has 1 aliphatic heterocycles. The summed E-state index contributed by atoms with van der Waals surface area (Å²) in [6, 6.07) is 4.63. The Labute approximate surface area is 156 Å². The molecular weight excluding hydrogens is 388 g/mol. The molecule has 0 saturated carbocycles. The van der Waals surface area contributed by atoms with Crippen molar-refractivity contribution in [2.24, 2.45) is 0 Å². The van der Waals surface area contributed by atoms with Crippen molar-refractivity contribution in [2.45, 2.75) is 39.7 Å². The Morgan fingerprint density at radius 1 is 1.28 bits per heavy atom. The number of carbonyl (C=O) groups is 2. The average Bonchev–Trinajstić information content (AvgIpc) is 2.59. The number of hydrogen-bond donors (Lipinski definition) is 2. The summed E-state index contributed by atoms with van der Waals surface area (Å²) in [5.74, 6) is 0.294. The summed E-state index contributed by atoms with van der Waals surface area (Å²) < 4.78 is 11.6. The van der Waals surface area contributed by atoms with E-state index in [9.17, 15) is 9.59 Å². The van der Waals surface area contributed by atoms with E-state index >= 15 is 0 Å². The second-order valence-corrected chi connectivity index (χ2v) is 6.39. The van der Waals surface area contributed by atoms with E-state index in [1.165, 1.54) is 0 Å². The van der Waals surface area contributed by atoms with Crippen LogP contribution in [0, 0.1) is 0 Å². The molecule has 0 saturated heterocycles. The third-order valence-corrected chi connectivity index (χ3v) is 4.37. The minimum atomic E-state index is -0.570. The lowest BCUT2D eigenvalue weighted by atomic mass is 9.94. The molecule has 2 rings (SSSR count). The number of carbonyl (C=O) groups excluding carboxylic acids is 2. The molecule has 0 radical (unpaired) electrons. The van der Waals surface area contributed by atoms with Crippen molar-refractivity contribution < 1.29 is 19.1 Å². The number of urea groups is 1. The van der Waals surface area contributed by atoms with Crippen molar-refractivity contribution in [3.05, 3.63) is 39.5 Å². The molecule has 1 atom stereocenters. The van der Waals surface area contributed by atoms with E-state index < -0.39 is 12.0 Å². The predicted octanol–water partition coefficient (Wildman–Crippen LogP) is 3.82. The van der Waals surface area contributed by atoms with Crippen LogP contribution in [-0.2, 0) is 9.53 Å². The first-order valence-corrected chi connectivity index (χ1v) is 9.20. The Morgan fingerprint density at radius 3 is 2.64 bits per heavy atom. The number of allylic oxidation sites excluding steroid dienone is 1. The summed E-state index contributed by atoms with van der Waals surface area (Å²) in [7, 11) is 0. The summed E-state index contributed by atoms with van der Waals surface area (Å²) in [4.78, 5) is 24.4. The maximum atomic E-state index is 12.4. The molecule has 0 aromatic heterocycles. The Morgan fingerprint density at radius 2 is 2.04 bits per heavy atom. The molecule has 6 nitrogen and oxygen atoms in total. The zero-order chi connectivity index (χ0) is 18.4. The molecular formula is C18H23BrN2O4. The second-order valence-electron chi connectivity index (χ2n) is 5.54. The normalized spacial score (nSPS) is 17.0. The largest absolute Gasteiger partial charge is 0.492 e. The van der Waals surface area contributed by atoms with Gasteiger partial charge in [0.2, 0.25) is 0 Å². The van der Waals surface area contributed by atoms with Gasteiger partial charge in [0, 0.05) is 5.70 Å². The molecule has 1 unspecified atom stereocenters. The first kappa shape index (κ1) is 19.3. The Bertz CT molecular complexity index is 688. The molecule has 2 N–H and O–H groups in total. The van der Waals surface area contributed by atoms with E-state index in [2.05, 4.69) is 26.6 Å². The van der Waals surface area contributed by atoms with E-state index in [0.717, 1.165) is 22.2 Å². The molecule has 7 heteroatoms. The van der Waals surface area contributed by atoms with Crippen LogP contribution in [0.5, 0.6) is 5.75 Å². The highest BCUT2D eigenvalue weighted by molar-refractivity contribution is 9.10. The van der Waals surface area contributed by atoms with Gasteiger partial charge < -0.3 is 20.1 Å². The number of rotatable bonds is 7. The van der Waals surface area contributed by atoms with Gasteiger partial charge in [0.1, 0.15) is 5.75 Å². The van der Waals surface area contributed by atoms with Crippen LogP contribution in [0.2, 0.25) is 0 Å². The van der Waals surface area contributed by atoms with Crippen molar-refractivity contribution in [3.8, 4) is 5.75 Å². The van der Waals surface area contributed by atoms with Crippen molar-refractivity contribution in [1.82, 2.24) is 10.6 Å². The molecule has 0 spiro atoms. The van der Waals surface area contributed by atoms with Crippen LogP contribution in [-0.4, -0.2) is 25.2 Å². The van der Waals surface area contributed by atoms with Gasteiger partial charge in [-0.15, -0.1) is 0 Å². The number of amides is 2. The summed E-state index contributed by atoms with van der Waals surface area (Å²) >= 11 is 3.49. The summed E-state index contributed by atoms with van der Waals surface area (Å²) in [6.07, 6.45) is 1.44. The molecule has 1 heterocycles. The Hall–Kier alpha value is -2.02. The van der Waals surface area contributed by atoms with Crippen molar-refractivity contribution in [2.75, 3.05) is 13.2 Å². The molecule has 0 bridgehead atoms. The maximum Gasteiger partial charge on any atom is 0.338 e. The van der Waals surface area contributed by atoms with Gasteiger partial charge in [0.05, 0.1) is 29.3 Å². The molecule has 2 amide bonds. The number of halogens is 1. The molecule has 1 aromatic carbocycles. The fourth-order valence-electron chi connectivity index (χ4n) is 2.62. The first-order chi connectivity index (χ1) is 12.0. The Balaban J connectivity index is 2.41. The summed E-state index contributed by atoms with van der Waals surface area (Å²) in [5, 5.41) is 5.51. The van der Waals surface area contributed by atoms with Gasteiger partial charge in [-0.1, -0.05) is 19.9 Å². The number of hydrogen-bond acceptors (Lipinski definition) is 4. The molecule has 136 valence electrons. The standard InChI is InChI=1S/C18H23BrN2O4/c1-4-9-25-14-8-7-11(10-12(14)19)16-15(17(22)24-6-3)13(5-2)20-18(23)21-16/h7-8,10,16H,4-6,9H2,1-3H3,(H2,20,21,23). The highest BCUT2D eigenvalue weighted by atomic mass is 79.9. The molecule has 1 aromatic rings. The van der Waals surface area contributed by atoms with Crippen LogP contribution in [0.4, 0.5) is 4.79 Å². The first-order valence-electron chi connectivity index (χ1n) is 8.41. The smallest absolute Gasteiger partial charge is 0.338 e. The van der Waals surface area contributed by atoms with Gasteiger partial charge in [-0.2, -0.15) is 0 Å². The highest BCUT2D eigenvalue weighted by Crippen LogP contribution is 2.33. The van der Waals surface area contributed by atoms with Crippen molar-refractivity contribution in [3.63, 3.8) is 0 Å². The lowest BCUT2D eigenvalue weighted by molar-refractivity contribution is -0.139. The minimum Gasteiger partial charge on any atom is -0.492 e. The lowest BCUT2D eigenvalue weighted by Crippen LogP contribution is -2.45. The molecule has 25 heavy (non-hydrogen) atoms. The fourth-order valence-corrected chi connectivity index (χ4v) is 3.13. The minimum absolute atomic E-state index is 0.271. The van der Waals surface area contributed by atoms with Crippen LogP contribution < -0.4 is 15.4 Å². The topological polar surface area (TPSA) is 76.7 Å². The molecule has 0 fully saturated rings. The van der Waals surface area contributed by atoms with Gasteiger partial charge in [-0.25, -0.2) is 9.59 Å². The van der Waals surface area contributed by atoms with Gasteiger partial charge in [0.15, 0.2) is 0 Å². The van der Waals surface area contributed by atoms with Gasteiger partial charge in [0.25, 0.3) is 0 Å². The van der Waals surface area contributed by atoms with E-state index in [1.54, 1.807) is 6.92 Å². The van der Waals surface area contributed by atoms with Gasteiger partial charge in [-0.3, -0.25) is 0 Å². The van der Waals surface area contributed by atoms with Crippen LogP contribution >= 0.6 is 15.9 Å². The average molecular weight is 411 g/mol. The van der Waals surface area contributed by atoms with Gasteiger partial charge in [-0.05, 0) is 53.4 Å². The Kier molecular flexibility index (Phi) is 6.87. The maximum absolute atomic E-state index is 12.4. The summed E-state index contributed by atoms with van der Waals surface area (Å²) in [6.45, 7) is 6.57. The van der Waals surface area contributed by atoms with E-state index in [1.807, 2.05) is 32.0 Å². The van der Waals surface area contributed by atoms with Crippen LogP contribution in [0.1, 0.15) is 45.2 Å². The summed E-state index contributed by atoms with van der Waals surface area (Å²) in [5.41, 5.74) is 1.78. The van der Waals surface area contributed by atoms with Gasteiger partial charge >= 0.3 is 12.0 Å². The number of ether oxygens (including phenoxy) is 2. The third kappa shape index (κ3) is 4.54. The van der Waals surface area contributed by atoms with E-state index in [-0.39, 0.29) is 12.6 Å². The van der Waals surface area contributed by atoms with Crippen LogP contribution in [0.25, 0.3) is 0 Å². The third-order valence-electron chi connectivity index (χ3n) is 3.75. The fraction of sp³-hybridized carbons (Fsp3) is 0.444. The molecule has 1 aliphatic rings. The lowest BCUT2D eigenvalue weighted by Gasteiger charge is -2.29. The SMILES string of the molecule is CCCOc1ccc(C2NC(=O)NC(CC)=C2C(=O)OCC)cc1Br. The number of benzene rings is 1. The van der Waals surface area contributed by atoms with Crippen molar-refractivity contribution >= 4 is 27.9 Å². The second kappa shape index (κ2) is 8.89. The quantitative estimate of drug-likeness (QED) is 0.669. The van der Waals surface area contributed by atoms with E-state index in [0.29, 0.717) is 24.3 Å². The highest BCUT2D eigenvalue weighted by Gasteiger charge is 2.33. The van der Waals surface area contributed by atoms with Crippen LogP contribution in [0.3, 0.4) is 0 Å². The van der Waals surface area contributed by atoms with Crippen LogP contribution in [0.15, 0.2) is 33.9 Å². The zero-order valence-corrected chi connectivity index (χ0v) is 16.2. The molecule has 0 aliphatic carbocycles. The number of nitrogens with one attached hydrogen (secondary N) is 2. The van der Waals surface area contributed by atoms with Crippen molar-refractivity contribution in [1.29, 1.82) is 0 Å².